The van der Waals surface area contributed by atoms with Crippen molar-refractivity contribution in [1.82, 2.24) is 56.4 Å². The molecule has 0 atom stereocenters. The minimum atomic E-state index is -3.79. The Balaban J connectivity index is -0.000000380. The van der Waals surface area contributed by atoms with Crippen LogP contribution < -0.4 is 4.68 Å². The molecule has 0 saturated carbocycles. The maximum Gasteiger partial charge on any atom is 0.326 e. The number of carboxylic acid groups (broad SMARTS) is 1. The number of carboxylic acids is 1. The average Bonchev–Trinajstić information content (AvgIpc) is 3.78. The molecule has 420 valence electrons. The van der Waals surface area contributed by atoms with Crippen LogP contribution in [0.25, 0.3) is 0 Å². The zero-order valence-electron chi connectivity index (χ0n) is 48.5. The van der Waals surface area contributed by atoms with Crippen LogP contribution in [0, 0.1) is 37.9 Å². The van der Waals surface area contributed by atoms with Crippen LogP contribution in [0.1, 0.15) is 183 Å². The van der Waals surface area contributed by atoms with Crippen LogP contribution in [0.5, 0.6) is 0 Å². The normalized spacial score (nSPS) is 12.2. The van der Waals surface area contributed by atoms with E-state index < -0.39 is 23.7 Å². The Labute approximate surface area is 432 Å². The van der Waals surface area contributed by atoms with Crippen molar-refractivity contribution in [1.29, 1.82) is 0 Å². The highest BCUT2D eigenvalue weighted by Crippen LogP contribution is 2.41. The van der Waals surface area contributed by atoms with Gasteiger partial charge in [0.15, 0.2) is 28.4 Å². The summed E-state index contributed by atoms with van der Waals surface area (Å²) in [5.74, 6) is 1.53. The van der Waals surface area contributed by atoms with Gasteiger partial charge in [0, 0.05) is 19.3 Å². The summed E-state index contributed by atoms with van der Waals surface area (Å²) in [4.78, 5) is 50.0. The van der Waals surface area contributed by atoms with Gasteiger partial charge >= 0.3 is 19.4 Å². The molecule has 0 fully saturated rings. The first-order chi connectivity index (χ1) is 31.6. The van der Waals surface area contributed by atoms with Crippen molar-refractivity contribution in [2.45, 2.75) is 211 Å². The quantitative estimate of drug-likeness (QED) is 0.0432. The minimum Gasteiger partial charge on any atom is -0.481 e. The van der Waals surface area contributed by atoms with Crippen molar-refractivity contribution in [3.8, 4) is 0 Å². The Morgan fingerprint density at radius 2 is 1.14 bits per heavy atom. The number of nitrogens with zero attached hydrogens (tertiary/aromatic N) is 10. The van der Waals surface area contributed by atoms with E-state index in [2.05, 4.69) is 135 Å². The summed E-state index contributed by atoms with van der Waals surface area (Å²) in [5, 5.41) is 52.9. The molecule has 0 aromatic carbocycles. The molecule has 26 heteroatoms. The summed E-state index contributed by atoms with van der Waals surface area (Å²) in [7, 11) is -7.57. The fourth-order valence-corrected chi connectivity index (χ4v) is 7.85. The minimum absolute atomic E-state index is 0.0321. The van der Waals surface area contributed by atoms with Crippen LogP contribution in [0.4, 0.5) is 0 Å². The molecule has 3 aromatic rings. The van der Waals surface area contributed by atoms with E-state index in [1.807, 2.05) is 27.6 Å². The maximum atomic E-state index is 10.9. The SMILES string of the molecule is CB(O)CC(C)(C)C.CC(=O)C[n+]1[nH]nnc1CC(C)(C)C.CC(=O)Cn1nnc(CC(C)(C)C)n1.CC(C)(C)CC(=O)O.CC(C)(C)CP(=O)(O)O.CC(C)(C)CS(=O)(=O)O.CC(C)(C)Cc1nn[nH]n1. The lowest BCUT2D eigenvalue weighted by molar-refractivity contribution is -0.749. The van der Waals surface area contributed by atoms with Crippen molar-refractivity contribution in [3.63, 3.8) is 0 Å². The summed E-state index contributed by atoms with van der Waals surface area (Å²) < 4.78 is 40.8. The monoisotopic (exact) mass is 1070 g/mol. The predicted molar refractivity (Wildman–Crippen MR) is 281 cm³/mol. The molecule has 0 aliphatic carbocycles. The van der Waals surface area contributed by atoms with Gasteiger partial charge in [0.25, 0.3) is 17.0 Å². The van der Waals surface area contributed by atoms with E-state index in [1.54, 1.807) is 53.1 Å². The van der Waals surface area contributed by atoms with Crippen molar-refractivity contribution >= 4 is 42.2 Å². The number of nitrogens with one attached hydrogen (secondary N) is 2. The van der Waals surface area contributed by atoms with Crippen molar-refractivity contribution in [2.24, 2.45) is 37.9 Å². The van der Waals surface area contributed by atoms with Crippen LogP contribution in [0.2, 0.25) is 13.1 Å². The highest BCUT2D eigenvalue weighted by molar-refractivity contribution is 7.85. The van der Waals surface area contributed by atoms with Crippen LogP contribution in [-0.4, -0.2) is 126 Å². The van der Waals surface area contributed by atoms with Gasteiger partial charge in [-0.15, -0.1) is 20.4 Å². The first-order valence-corrected chi connectivity index (χ1v) is 27.2. The molecule has 23 nitrogen and oxygen atoms in total. The van der Waals surface area contributed by atoms with Crippen molar-refractivity contribution in [3.05, 3.63) is 17.5 Å². The molecule has 0 radical (unpaired) electrons. The first kappa shape index (κ1) is 74.6. The van der Waals surface area contributed by atoms with Crippen LogP contribution in [0.3, 0.4) is 0 Å². The number of Topliss-reactive ketones (excluding diaryl/α,β-unsaturated/α-hetero) is 2. The van der Waals surface area contributed by atoms with Crippen LogP contribution >= 0.6 is 7.60 Å². The molecule has 3 aromatic heterocycles. The van der Waals surface area contributed by atoms with Crippen LogP contribution in [0.15, 0.2) is 0 Å². The van der Waals surface area contributed by atoms with Crippen molar-refractivity contribution < 1.29 is 56.5 Å². The second-order valence-electron chi connectivity index (χ2n) is 26.4. The van der Waals surface area contributed by atoms with E-state index in [0.29, 0.717) is 12.4 Å². The molecule has 72 heavy (non-hydrogen) atoms. The van der Waals surface area contributed by atoms with Crippen LogP contribution in [-0.2, 0) is 61.4 Å². The van der Waals surface area contributed by atoms with E-state index in [1.165, 1.54) is 11.7 Å². The second-order valence-corrected chi connectivity index (χ2v) is 29.5. The van der Waals surface area contributed by atoms with E-state index in [-0.39, 0.29) is 81.3 Å². The van der Waals surface area contributed by atoms with E-state index in [0.717, 1.165) is 37.2 Å². The van der Waals surface area contributed by atoms with Gasteiger partial charge in [-0.1, -0.05) is 163 Å². The van der Waals surface area contributed by atoms with Crippen molar-refractivity contribution in [2.75, 3.05) is 11.9 Å². The fourth-order valence-electron chi connectivity index (χ4n) is 5.52. The maximum absolute atomic E-state index is 10.9. The molecular weight excluding hydrogens is 970 g/mol. The molecule has 0 bridgehead atoms. The van der Waals surface area contributed by atoms with Gasteiger partial charge in [-0.2, -0.15) is 23.1 Å². The molecule has 0 spiro atoms. The number of carbonyl (C=O) groups excluding carboxylic acids is 2. The highest BCUT2D eigenvalue weighted by atomic mass is 32.2. The number of aliphatic carboxylic acids is 1. The lowest BCUT2D eigenvalue weighted by Crippen LogP contribution is -2.43. The highest BCUT2D eigenvalue weighted by Gasteiger charge is 2.25. The van der Waals surface area contributed by atoms with Gasteiger partial charge in [0.1, 0.15) is 18.2 Å². The third kappa shape index (κ3) is 62.2. The summed E-state index contributed by atoms with van der Waals surface area (Å²) in [6.07, 6.45) is 3.52. The smallest absolute Gasteiger partial charge is 0.326 e. The Kier molecular flexibility index (Phi) is 32.9. The molecule has 0 amide bonds. The standard InChI is InChI=1S/2C9H16N4O.C6H15BO.C6H12N4.C6H12O2.C5H13O3P.C5H12O3S/c1-7(14)6-13-8(10-11-12-13)5-9(2,3)4;1-7(14)6-13-11-8(10-12-13)5-9(2,3)4;1-6(2,3)5-7(4)8;1-6(2,3)4-5-7-9-10-8-5;1-6(2,3)4-5(7)8;2*1-5(2,3)4-9(6,7)8/h2*5-6H2,1-4H3;8H,5H2,1-4H3;4H2,1-3H3,(H,7,8,9,10);4H2,1-3H3,(H,7,8);4H2,1-3H3,(H2,6,7,8);4H2,1-3H3,(H,6,7,8)/p+1. The lowest BCUT2D eigenvalue weighted by atomic mass is 9.60. The van der Waals surface area contributed by atoms with E-state index in [4.69, 9.17) is 24.5 Å². The summed E-state index contributed by atoms with van der Waals surface area (Å²) in [6.45, 7) is 47.1. The van der Waals surface area contributed by atoms with Gasteiger partial charge in [-0.3, -0.25) is 23.5 Å². The van der Waals surface area contributed by atoms with Gasteiger partial charge in [-0.05, 0) is 63.3 Å². The van der Waals surface area contributed by atoms with Gasteiger partial charge < -0.3 is 19.9 Å². The molecule has 7 N–H and O–H groups in total. The number of rotatable bonds is 11. The molecular formula is C46H97BN12O11PS+. The number of hydrogen-bond donors (Lipinski definition) is 7. The number of tetrazole rings is 3. The molecule has 0 aliphatic heterocycles. The zero-order chi connectivity index (χ0) is 58.1. The molecule has 3 rings (SSSR count). The number of carbonyl (C=O) groups is 3. The Hall–Kier alpha value is -3.90. The molecule has 0 unspecified atom stereocenters. The fraction of sp³-hybridized carbons (Fsp3) is 0.870. The Morgan fingerprint density at radius 3 is 1.39 bits per heavy atom. The first-order valence-electron chi connectivity index (χ1n) is 23.7. The number of hydrogen-bond acceptors (Lipinski definition) is 15. The van der Waals surface area contributed by atoms with Gasteiger partial charge in [-0.25, -0.2) is 0 Å². The largest absolute Gasteiger partial charge is 0.481 e. The number of ketones is 2. The molecule has 0 aliphatic rings. The van der Waals surface area contributed by atoms with Gasteiger partial charge in [0.05, 0.1) is 18.3 Å². The number of H-pyrrole nitrogens is 2. The second kappa shape index (κ2) is 31.7. The topological polar surface area (TPSA) is 347 Å². The summed E-state index contributed by atoms with van der Waals surface area (Å²) in [5.41, 5.74) is 0.0932. The lowest BCUT2D eigenvalue weighted by Gasteiger charge is -2.17. The zero-order valence-corrected chi connectivity index (χ0v) is 50.2. The van der Waals surface area contributed by atoms with Gasteiger partial charge in [0.2, 0.25) is 0 Å². The average molecular weight is 1070 g/mol. The predicted octanol–water partition coefficient (Wildman–Crippen LogP) is 7.19. The third-order valence-corrected chi connectivity index (χ3v) is 9.81. The molecule has 3 heterocycles. The van der Waals surface area contributed by atoms with E-state index in [9.17, 15) is 27.4 Å². The number of aromatic amines is 2. The van der Waals surface area contributed by atoms with E-state index >= 15 is 0 Å². The Morgan fingerprint density at radius 1 is 0.667 bits per heavy atom. The third-order valence-electron chi connectivity index (χ3n) is 7.22. The molecule has 0 saturated heterocycles. The number of aromatic nitrogens is 12. The Bertz CT molecular complexity index is 2130. The summed E-state index contributed by atoms with van der Waals surface area (Å²) >= 11 is 0. The summed E-state index contributed by atoms with van der Waals surface area (Å²) in [6, 6.07) is 0.